The summed E-state index contributed by atoms with van der Waals surface area (Å²) >= 11 is 0. The smallest absolute Gasteiger partial charge is 0.0837 e. The fraction of sp³-hybridized carbons (Fsp3) is 0.750. The fourth-order valence-electron chi connectivity index (χ4n) is 2.16. The molecule has 0 aromatic carbocycles. The van der Waals surface area contributed by atoms with Crippen LogP contribution in [-0.4, -0.2) is 17.3 Å². The van der Waals surface area contributed by atoms with Crippen molar-refractivity contribution in [3.05, 3.63) is 12.2 Å². The molecular formula is C8H13NO. The van der Waals surface area contributed by atoms with Crippen LogP contribution in [0.5, 0.6) is 0 Å². The second kappa shape index (κ2) is 1.83. The van der Waals surface area contributed by atoms with E-state index in [1.165, 1.54) is 0 Å². The first-order valence-electron chi connectivity index (χ1n) is 3.85. The van der Waals surface area contributed by atoms with Gasteiger partial charge in [-0.3, -0.25) is 0 Å². The van der Waals surface area contributed by atoms with Gasteiger partial charge in [-0.15, -0.1) is 0 Å². The summed E-state index contributed by atoms with van der Waals surface area (Å²) in [5.41, 5.74) is 4.91. The molecule has 3 atom stereocenters. The zero-order valence-electron chi connectivity index (χ0n) is 5.96. The minimum Gasteiger partial charge on any atom is -0.388 e. The van der Waals surface area contributed by atoms with E-state index in [-0.39, 0.29) is 0 Å². The minimum absolute atomic E-state index is 0.350. The molecule has 2 nitrogen and oxygen atoms in total. The lowest BCUT2D eigenvalue weighted by molar-refractivity contribution is 0.0240. The van der Waals surface area contributed by atoms with Gasteiger partial charge in [-0.1, -0.05) is 12.2 Å². The van der Waals surface area contributed by atoms with E-state index in [0.29, 0.717) is 18.4 Å². The molecule has 2 aliphatic carbocycles. The van der Waals surface area contributed by atoms with Gasteiger partial charge in [0.1, 0.15) is 0 Å². The number of allylic oxidation sites excluding steroid dienone is 1. The Bertz CT molecular complexity index is 178. The maximum absolute atomic E-state index is 9.81. The molecule has 0 spiro atoms. The molecule has 2 rings (SSSR count). The number of fused-ring (bicyclic) bond motifs is 2. The van der Waals surface area contributed by atoms with Gasteiger partial charge in [-0.2, -0.15) is 0 Å². The van der Waals surface area contributed by atoms with Crippen molar-refractivity contribution in [1.82, 2.24) is 0 Å². The molecular weight excluding hydrogens is 126 g/mol. The van der Waals surface area contributed by atoms with Gasteiger partial charge in [0.05, 0.1) is 5.60 Å². The third-order valence-corrected chi connectivity index (χ3v) is 2.83. The number of rotatable bonds is 1. The number of hydrogen-bond acceptors (Lipinski definition) is 2. The first kappa shape index (κ1) is 6.38. The first-order chi connectivity index (χ1) is 4.74. The quantitative estimate of drug-likeness (QED) is 0.512. The molecule has 2 heteroatoms. The average molecular weight is 139 g/mol. The van der Waals surface area contributed by atoms with Crippen molar-refractivity contribution in [2.24, 2.45) is 17.6 Å². The van der Waals surface area contributed by atoms with E-state index in [1.807, 2.05) is 0 Å². The Hall–Kier alpha value is -0.340. The molecule has 0 radical (unpaired) electrons. The number of hydrogen-bond donors (Lipinski definition) is 2. The van der Waals surface area contributed by atoms with E-state index in [9.17, 15) is 5.11 Å². The maximum Gasteiger partial charge on any atom is 0.0837 e. The van der Waals surface area contributed by atoms with Gasteiger partial charge in [0.25, 0.3) is 0 Å². The summed E-state index contributed by atoms with van der Waals surface area (Å²) in [4.78, 5) is 0. The Morgan fingerprint density at radius 3 is 2.70 bits per heavy atom. The van der Waals surface area contributed by atoms with Crippen LogP contribution in [0.3, 0.4) is 0 Å². The van der Waals surface area contributed by atoms with E-state index < -0.39 is 5.60 Å². The van der Waals surface area contributed by atoms with Crippen molar-refractivity contribution in [3.8, 4) is 0 Å². The van der Waals surface area contributed by atoms with Crippen molar-refractivity contribution < 1.29 is 5.11 Å². The summed E-state index contributed by atoms with van der Waals surface area (Å²) in [7, 11) is 0. The lowest BCUT2D eigenvalue weighted by atomic mass is 9.89. The van der Waals surface area contributed by atoms with Crippen molar-refractivity contribution in [2.75, 3.05) is 6.54 Å². The van der Waals surface area contributed by atoms with Gasteiger partial charge >= 0.3 is 0 Å². The highest BCUT2D eigenvalue weighted by molar-refractivity contribution is 5.16. The molecule has 0 amide bonds. The van der Waals surface area contributed by atoms with E-state index in [4.69, 9.17) is 5.73 Å². The van der Waals surface area contributed by atoms with Gasteiger partial charge in [0.2, 0.25) is 0 Å². The molecule has 2 aliphatic rings. The van der Waals surface area contributed by atoms with Crippen molar-refractivity contribution in [2.45, 2.75) is 18.4 Å². The molecule has 0 aromatic rings. The van der Waals surface area contributed by atoms with E-state index in [1.54, 1.807) is 0 Å². The number of aliphatic hydroxyl groups is 1. The zero-order chi connectivity index (χ0) is 7.19. The molecule has 56 valence electrons. The topological polar surface area (TPSA) is 46.2 Å². The molecule has 10 heavy (non-hydrogen) atoms. The molecule has 0 aromatic heterocycles. The van der Waals surface area contributed by atoms with Crippen LogP contribution in [0.4, 0.5) is 0 Å². The highest BCUT2D eigenvalue weighted by Gasteiger charge is 2.45. The third kappa shape index (κ3) is 0.662. The lowest BCUT2D eigenvalue weighted by Gasteiger charge is -2.27. The molecule has 1 saturated carbocycles. The van der Waals surface area contributed by atoms with Gasteiger partial charge in [0, 0.05) is 12.5 Å². The van der Waals surface area contributed by atoms with Crippen LogP contribution in [0.1, 0.15) is 12.8 Å². The van der Waals surface area contributed by atoms with Crippen molar-refractivity contribution >= 4 is 0 Å². The Labute approximate surface area is 60.7 Å². The van der Waals surface area contributed by atoms with Gasteiger partial charge in [-0.25, -0.2) is 0 Å². The molecule has 0 heterocycles. The van der Waals surface area contributed by atoms with Crippen LogP contribution < -0.4 is 5.73 Å². The van der Waals surface area contributed by atoms with Gasteiger partial charge in [0.15, 0.2) is 0 Å². The highest BCUT2D eigenvalue weighted by atomic mass is 16.3. The summed E-state index contributed by atoms with van der Waals surface area (Å²) in [5, 5.41) is 9.81. The molecule has 0 saturated heterocycles. The summed E-state index contributed by atoms with van der Waals surface area (Å²) < 4.78 is 0. The van der Waals surface area contributed by atoms with E-state index in [0.717, 1.165) is 12.8 Å². The first-order valence-corrected chi connectivity index (χ1v) is 3.85. The summed E-state index contributed by atoms with van der Waals surface area (Å²) in [6.45, 7) is 0.415. The van der Waals surface area contributed by atoms with Crippen LogP contribution in [0, 0.1) is 11.8 Å². The SMILES string of the molecule is NC[C@]1(O)C[C@H]2C=C[C@H]1C2. The highest BCUT2D eigenvalue weighted by Crippen LogP contribution is 2.45. The van der Waals surface area contributed by atoms with Crippen LogP contribution in [0.15, 0.2) is 12.2 Å². The molecule has 2 bridgehead atoms. The summed E-state index contributed by atoms with van der Waals surface area (Å²) in [5.74, 6) is 0.959. The normalized spacial score (nSPS) is 50.6. The predicted molar refractivity (Wildman–Crippen MR) is 39.4 cm³/mol. The van der Waals surface area contributed by atoms with Crippen LogP contribution in [0.25, 0.3) is 0 Å². The summed E-state index contributed by atoms with van der Waals surface area (Å²) in [6.07, 6.45) is 6.31. The van der Waals surface area contributed by atoms with E-state index >= 15 is 0 Å². The Kier molecular flexibility index (Phi) is 1.17. The standard InChI is InChI=1S/C8H13NO/c9-5-8(10)4-6-1-2-7(8)3-6/h1-2,6-7,10H,3-5,9H2/t6-,7-,8+/m0/s1. The second-order valence-electron chi connectivity index (χ2n) is 3.50. The molecule has 0 unspecified atom stereocenters. The largest absolute Gasteiger partial charge is 0.388 e. The van der Waals surface area contributed by atoms with Crippen LogP contribution in [-0.2, 0) is 0 Å². The van der Waals surface area contributed by atoms with Gasteiger partial charge in [-0.05, 0) is 18.8 Å². The second-order valence-corrected chi connectivity index (χ2v) is 3.50. The molecule has 0 aliphatic heterocycles. The third-order valence-electron chi connectivity index (χ3n) is 2.83. The van der Waals surface area contributed by atoms with Crippen LogP contribution in [0.2, 0.25) is 0 Å². The van der Waals surface area contributed by atoms with Crippen molar-refractivity contribution in [1.29, 1.82) is 0 Å². The Balaban J connectivity index is 2.22. The molecule has 1 fully saturated rings. The van der Waals surface area contributed by atoms with Crippen molar-refractivity contribution in [3.63, 3.8) is 0 Å². The monoisotopic (exact) mass is 139 g/mol. The number of nitrogens with two attached hydrogens (primary N) is 1. The Morgan fingerprint density at radius 2 is 2.40 bits per heavy atom. The maximum atomic E-state index is 9.81. The lowest BCUT2D eigenvalue weighted by Crippen LogP contribution is -2.41. The van der Waals surface area contributed by atoms with Crippen LogP contribution >= 0.6 is 0 Å². The summed E-state index contributed by atoms with van der Waals surface area (Å²) in [6, 6.07) is 0. The minimum atomic E-state index is -0.556. The zero-order valence-corrected chi connectivity index (χ0v) is 5.96. The van der Waals surface area contributed by atoms with Gasteiger partial charge < -0.3 is 10.8 Å². The average Bonchev–Trinajstić information content (AvgIpc) is 2.46. The van der Waals surface area contributed by atoms with E-state index in [2.05, 4.69) is 12.2 Å². The molecule has 3 N–H and O–H groups in total. The fourth-order valence-corrected chi connectivity index (χ4v) is 2.16. The Morgan fingerprint density at radius 1 is 1.60 bits per heavy atom. The predicted octanol–water partition coefficient (Wildman–Crippen LogP) is 0.272.